The molecule has 0 fully saturated rings. The second-order valence-electron chi connectivity index (χ2n) is 4.41. The van der Waals surface area contributed by atoms with Crippen LogP contribution in [0.2, 0.25) is 0 Å². The monoisotopic (exact) mass is 520 g/mol. The number of rotatable bonds is 4. The maximum absolute atomic E-state index is 10.9. The summed E-state index contributed by atoms with van der Waals surface area (Å²) in [5.74, 6) is 0. The van der Waals surface area contributed by atoms with Gasteiger partial charge in [-0.3, -0.25) is 20.2 Å². The molecule has 14 heteroatoms. The Hall–Kier alpha value is -2.33. The molecule has 9 nitrogen and oxygen atoms in total. The highest BCUT2D eigenvalue weighted by Crippen LogP contribution is 2.20. The van der Waals surface area contributed by atoms with Crippen molar-refractivity contribution in [2.75, 3.05) is 0 Å². The fourth-order valence-electron chi connectivity index (χ4n) is 1.47. The van der Waals surface area contributed by atoms with Crippen molar-refractivity contribution in [3.63, 3.8) is 0 Å². The van der Waals surface area contributed by atoms with Crippen LogP contribution in [0.4, 0.5) is 24.5 Å². The maximum Gasteiger partial charge on any atom is 0.485 e. The quantitative estimate of drug-likeness (QED) is 0.177. The Morgan fingerprint density at radius 1 is 0.815 bits per heavy atom. The smallest absolute Gasteiger partial charge is 0.485 e. The second kappa shape index (κ2) is 9.05. The van der Waals surface area contributed by atoms with Gasteiger partial charge in [-0.15, -0.1) is 0 Å². The first-order valence-corrected chi connectivity index (χ1v) is 10.0. The number of nitro benzene ring substituents is 2. The van der Waals surface area contributed by atoms with Crippen LogP contribution in [-0.4, -0.2) is 28.3 Å². The predicted octanol–water partition coefficient (Wildman–Crippen LogP) is -0.317. The molecule has 146 valence electrons. The van der Waals surface area contributed by atoms with E-state index in [0.717, 1.165) is 0 Å². The zero-order valence-electron chi connectivity index (χ0n) is 12.8. The molecule has 0 N–H and O–H groups in total. The van der Waals surface area contributed by atoms with Gasteiger partial charge in [-0.25, -0.2) is 8.42 Å². The van der Waals surface area contributed by atoms with Crippen LogP contribution in [0.1, 0.15) is 0 Å². The van der Waals surface area contributed by atoms with Crippen LogP contribution in [0.3, 0.4) is 0 Å². The van der Waals surface area contributed by atoms with E-state index in [1.54, 1.807) is 36.4 Å². The molecule has 0 aliphatic rings. The Labute approximate surface area is 160 Å². The number of halogens is 4. The third-order valence-corrected chi connectivity index (χ3v) is 6.14. The molecule has 0 spiro atoms. The standard InChI is InChI=1S/C12H8IN2O4.CHF3O3S/c16-14(17)11-7-3-1-5-9(11)13-10-6-2-4-8-12(10)15(18)19;2-1(3,4)8(5,6)7/h1-8H;(H,5,6,7)/q+1;/p-1. The first kappa shape index (κ1) is 22.7. The van der Waals surface area contributed by atoms with Crippen LogP contribution in [0.15, 0.2) is 48.5 Å². The van der Waals surface area contributed by atoms with Gasteiger partial charge in [-0.1, -0.05) is 24.3 Å². The summed E-state index contributed by atoms with van der Waals surface area (Å²) in [6, 6.07) is 12.7. The Morgan fingerprint density at radius 3 is 1.37 bits per heavy atom. The molecule has 0 radical (unpaired) electrons. The number of nitrogens with zero attached hydrogens (tertiary/aromatic N) is 2. The Kier molecular flexibility index (Phi) is 7.61. The molecule has 0 saturated heterocycles. The fourth-order valence-corrected chi connectivity index (χ4v) is 4.18. The van der Waals surface area contributed by atoms with Gasteiger partial charge in [0.15, 0.2) is 10.1 Å². The summed E-state index contributed by atoms with van der Waals surface area (Å²) < 4.78 is 60.0. The second-order valence-corrected chi connectivity index (χ2v) is 8.65. The van der Waals surface area contributed by atoms with Crippen LogP contribution in [-0.2, 0) is 10.1 Å². The van der Waals surface area contributed by atoms with Crippen molar-refractivity contribution in [1.29, 1.82) is 0 Å². The molecular weight excluding hydrogens is 512 g/mol. The van der Waals surface area contributed by atoms with Gasteiger partial charge < -0.3 is 4.55 Å². The molecule has 2 rings (SSSR count). The third kappa shape index (κ3) is 6.72. The minimum absolute atomic E-state index is 0.0217. The first-order valence-electron chi connectivity index (χ1n) is 6.48. The zero-order chi connectivity index (χ0) is 20.8. The van der Waals surface area contributed by atoms with E-state index in [0.29, 0.717) is 7.14 Å². The van der Waals surface area contributed by atoms with E-state index in [2.05, 4.69) is 0 Å². The van der Waals surface area contributed by atoms with E-state index in [1.165, 1.54) is 12.1 Å². The van der Waals surface area contributed by atoms with Crippen LogP contribution in [0, 0.1) is 27.4 Å². The molecule has 27 heavy (non-hydrogen) atoms. The highest BCUT2D eigenvalue weighted by Gasteiger charge is 2.37. The van der Waals surface area contributed by atoms with Gasteiger partial charge in [-0.05, 0) is 12.1 Å². The van der Waals surface area contributed by atoms with Crippen LogP contribution >= 0.6 is 0 Å². The molecule has 0 bridgehead atoms. The van der Waals surface area contributed by atoms with Crippen molar-refractivity contribution in [3.8, 4) is 0 Å². The first-order chi connectivity index (χ1) is 12.3. The molecule has 0 aromatic heterocycles. The largest absolute Gasteiger partial charge is 0.741 e. The van der Waals surface area contributed by atoms with Gasteiger partial charge >= 0.3 is 38.1 Å². The summed E-state index contributed by atoms with van der Waals surface area (Å²) >= 11 is -0.965. The molecule has 0 heterocycles. The molecule has 0 aliphatic carbocycles. The molecule has 0 unspecified atom stereocenters. The van der Waals surface area contributed by atoms with Crippen molar-refractivity contribution >= 4 is 21.5 Å². The minimum Gasteiger partial charge on any atom is -0.741 e. The number of benzene rings is 2. The van der Waals surface area contributed by atoms with Crippen LogP contribution < -0.4 is 21.2 Å². The number of alkyl halides is 3. The predicted molar refractivity (Wildman–Crippen MR) is 79.3 cm³/mol. The molecule has 0 atom stereocenters. The molecule has 0 aliphatic heterocycles. The van der Waals surface area contributed by atoms with E-state index >= 15 is 0 Å². The summed E-state index contributed by atoms with van der Waals surface area (Å²) in [7, 11) is -6.09. The number of hydrogen-bond donors (Lipinski definition) is 0. The van der Waals surface area contributed by atoms with Gasteiger partial charge in [0.1, 0.15) is 0 Å². The molecule has 0 saturated carbocycles. The van der Waals surface area contributed by atoms with Gasteiger partial charge in [0.25, 0.3) is 7.14 Å². The summed E-state index contributed by atoms with van der Waals surface area (Å²) in [6.45, 7) is 0. The summed E-state index contributed by atoms with van der Waals surface area (Å²) in [6.07, 6.45) is 0. The number of para-hydroxylation sites is 2. The van der Waals surface area contributed by atoms with Crippen molar-refractivity contribution in [1.82, 2.24) is 0 Å². The van der Waals surface area contributed by atoms with Crippen LogP contribution in [0.25, 0.3) is 0 Å². The van der Waals surface area contributed by atoms with E-state index in [9.17, 15) is 33.4 Å². The van der Waals surface area contributed by atoms with Crippen molar-refractivity contribution in [3.05, 3.63) is 75.9 Å². The third-order valence-electron chi connectivity index (χ3n) is 2.59. The fraction of sp³-hybridized carbons (Fsp3) is 0.0769. The topological polar surface area (TPSA) is 143 Å². The number of nitro groups is 2. The van der Waals surface area contributed by atoms with E-state index in [-0.39, 0.29) is 11.4 Å². The van der Waals surface area contributed by atoms with Gasteiger partial charge in [-0.2, -0.15) is 13.2 Å². The Morgan fingerprint density at radius 2 is 1.11 bits per heavy atom. The lowest BCUT2D eigenvalue weighted by molar-refractivity contribution is -0.611. The Bertz CT molecular complexity index is 895. The summed E-state index contributed by atoms with van der Waals surface area (Å²) in [5.41, 5.74) is -5.60. The summed E-state index contributed by atoms with van der Waals surface area (Å²) in [4.78, 5) is 20.9. The maximum atomic E-state index is 10.9. The van der Waals surface area contributed by atoms with E-state index < -0.39 is 46.7 Å². The average Bonchev–Trinajstić information content (AvgIpc) is 2.54. The molecule has 2 aromatic carbocycles. The molecular formula is C13H8F3IN2O7S. The highest BCUT2D eigenvalue weighted by atomic mass is 127. The molecule has 2 aromatic rings. The van der Waals surface area contributed by atoms with Crippen molar-refractivity contribution in [2.45, 2.75) is 5.51 Å². The Balaban J connectivity index is 0.000000387. The van der Waals surface area contributed by atoms with E-state index in [4.69, 9.17) is 13.0 Å². The lowest BCUT2D eigenvalue weighted by Gasteiger charge is -2.08. The van der Waals surface area contributed by atoms with Crippen molar-refractivity contribution < 1.29 is 57.2 Å². The van der Waals surface area contributed by atoms with Gasteiger partial charge in [0, 0.05) is 12.1 Å². The molecule has 0 amide bonds. The minimum atomic E-state index is -6.09. The van der Waals surface area contributed by atoms with E-state index in [1.807, 2.05) is 0 Å². The lowest BCUT2D eigenvalue weighted by atomic mass is 10.3. The number of hydrogen-bond acceptors (Lipinski definition) is 7. The lowest BCUT2D eigenvalue weighted by Crippen LogP contribution is -3.61. The van der Waals surface area contributed by atoms with Gasteiger partial charge in [0.05, 0.1) is 9.85 Å². The van der Waals surface area contributed by atoms with Crippen molar-refractivity contribution in [2.24, 2.45) is 0 Å². The average molecular weight is 520 g/mol. The SMILES string of the molecule is O=S(=O)([O-])C(F)(F)F.O=[N+]([O-])c1ccccc1[I+]c1ccccc1[N+](=O)[O-]. The highest BCUT2D eigenvalue weighted by molar-refractivity contribution is 7.86. The zero-order valence-corrected chi connectivity index (χ0v) is 15.8. The normalized spacial score (nSPS) is 11.3. The van der Waals surface area contributed by atoms with Gasteiger partial charge in [0.2, 0.25) is 0 Å². The van der Waals surface area contributed by atoms with Crippen LogP contribution in [0.5, 0.6) is 0 Å². The summed E-state index contributed by atoms with van der Waals surface area (Å²) in [5, 5.41) is 21.8.